The lowest BCUT2D eigenvalue weighted by atomic mass is 10.3. The van der Waals surface area contributed by atoms with Gasteiger partial charge in [0.2, 0.25) is 0 Å². The number of benzene rings is 1. The Labute approximate surface area is 133 Å². The highest BCUT2D eigenvalue weighted by atomic mass is 35.5. The molecule has 1 aromatic carbocycles. The second-order valence-corrected chi connectivity index (χ2v) is 6.67. The molecular weight excluding hydrogens is 328 g/mol. The fourth-order valence-corrected chi connectivity index (χ4v) is 3.24. The molecule has 118 valence electrons. The molecule has 9 heteroatoms. The summed E-state index contributed by atoms with van der Waals surface area (Å²) in [6.45, 7) is 3.76. The second kappa shape index (κ2) is 5.98. The van der Waals surface area contributed by atoms with Gasteiger partial charge in [-0.1, -0.05) is 11.6 Å². The van der Waals surface area contributed by atoms with Crippen LogP contribution in [0.3, 0.4) is 0 Å². The smallest absolute Gasteiger partial charge is 0.269 e. The average molecular weight is 343 g/mol. The van der Waals surface area contributed by atoms with E-state index in [0.717, 1.165) is 0 Å². The molecule has 1 amide bonds. The molecule has 0 fully saturated rings. The Morgan fingerprint density at radius 3 is 2.45 bits per heavy atom. The minimum absolute atomic E-state index is 0.0240. The number of amides is 1. The van der Waals surface area contributed by atoms with Crippen LogP contribution in [0.4, 0.5) is 5.69 Å². The summed E-state index contributed by atoms with van der Waals surface area (Å²) in [6.07, 6.45) is 0. The van der Waals surface area contributed by atoms with E-state index in [0.29, 0.717) is 17.3 Å². The molecule has 7 nitrogen and oxygen atoms in total. The van der Waals surface area contributed by atoms with Gasteiger partial charge in [0, 0.05) is 11.6 Å². The lowest BCUT2D eigenvalue weighted by molar-refractivity contribution is 0.0991. The number of hydrogen-bond donors (Lipinski definition) is 2. The van der Waals surface area contributed by atoms with Gasteiger partial charge in [-0.25, -0.2) is 8.42 Å². The number of carbonyl (C=O) groups is 1. The zero-order chi connectivity index (χ0) is 16.5. The Balaban J connectivity index is 2.48. The highest BCUT2D eigenvalue weighted by Crippen LogP contribution is 2.24. The van der Waals surface area contributed by atoms with Crippen molar-refractivity contribution in [1.82, 2.24) is 9.78 Å². The monoisotopic (exact) mass is 342 g/mol. The van der Waals surface area contributed by atoms with Crippen molar-refractivity contribution in [3.63, 3.8) is 0 Å². The molecule has 0 unspecified atom stereocenters. The summed E-state index contributed by atoms with van der Waals surface area (Å²) in [5.74, 6) is -0.753. The van der Waals surface area contributed by atoms with Gasteiger partial charge in [0.1, 0.15) is 11.4 Å². The number of rotatable bonds is 5. The van der Waals surface area contributed by atoms with Gasteiger partial charge in [0.25, 0.3) is 15.9 Å². The molecule has 0 saturated heterocycles. The van der Waals surface area contributed by atoms with Crippen molar-refractivity contribution in [3.05, 3.63) is 40.7 Å². The van der Waals surface area contributed by atoms with Crippen LogP contribution in [0.1, 0.15) is 23.1 Å². The number of hydrogen-bond acceptors (Lipinski definition) is 4. The molecule has 0 radical (unpaired) electrons. The quantitative estimate of drug-likeness (QED) is 0.863. The van der Waals surface area contributed by atoms with Crippen molar-refractivity contribution in [2.24, 2.45) is 5.73 Å². The molecule has 3 N–H and O–H groups in total. The van der Waals surface area contributed by atoms with Crippen LogP contribution >= 0.6 is 11.6 Å². The minimum atomic E-state index is -3.87. The van der Waals surface area contributed by atoms with Crippen LogP contribution in [0, 0.1) is 6.92 Å². The van der Waals surface area contributed by atoms with Crippen LogP contribution in [0.2, 0.25) is 5.02 Å². The molecule has 22 heavy (non-hydrogen) atoms. The van der Waals surface area contributed by atoms with E-state index < -0.39 is 15.9 Å². The zero-order valence-corrected chi connectivity index (χ0v) is 13.6. The third-order valence-corrected chi connectivity index (χ3v) is 4.64. The molecule has 1 heterocycles. The molecule has 0 atom stereocenters. The maximum atomic E-state index is 12.4. The molecule has 2 aromatic rings. The van der Waals surface area contributed by atoms with Crippen LogP contribution in [0.5, 0.6) is 0 Å². The molecule has 1 aromatic heterocycles. The Morgan fingerprint density at radius 2 is 1.95 bits per heavy atom. The van der Waals surface area contributed by atoms with Crippen molar-refractivity contribution in [2.45, 2.75) is 25.3 Å². The molecule has 0 bridgehead atoms. The summed E-state index contributed by atoms with van der Waals surface area (Å²) in [7, 11) is -3.87. The van der Waals surface area contributed by atoms with Crippen molar-refractivity contribution < 1.29 is 13.2 Å². The number of sulfonamides is 1. The van der Waals surface area contributed by atoms with Crippen LogP contribution in [0.15, 0.2) is 29.2 Å². The number of aryl methyl sites for hydroxylation is 2. The van der Waals surface area contributed by atoms with Gasteiger partial charge in [-0.3, -0.25) is 14.2 Å². The van der Waals surface area contributed by atoms with Crippen molar-refractivity contribution in [1.29, 1.82) is 0 Å². The SMILES string of the molecule is CCn1nc(C)c(NS(=O)(=O)c2ccc(Cl)cc2)c1C(N)=O. The first-order valence-electron chi connectivity index (χ1n) is 6.42. The van der Waals surface area contributed by atoms with Crippen LogP contribution in [-0.2, 0) is 16.6 Å². The fraction of sp³-hybridized carbons (Fsp3) is 0.231. The predicted octanol–water partition coefficient (Wildman–Crippen LogP) is 1.76. The number of primary amides is 1. The summed E-state index contributed by atoms with van der Waals surface area (Å²) in [5, 5.41) is 4.53. The predicted molar refractivity (Wildman–Crippen MR) is 83.4 cm³/mol. The number of nitrogens with one attached hydrogen (secondary N) is 1. The van der Waals surface area contributed by atoms with E-state index in [4.69, 9.17) is 17.3 Å². The Kier molecular flexibility index (Phi) is 4.43. The fourth-order valence-electron chi connectivity index (χ4n) is 1.99. The maximum absolute atomic E-state index is 12.4. The molecular formula is C13H15ClN4O3S. The van der Waals surface area contributed by atoms with Crippen molar-refractivity contribution in [3.8, 4) is 0 Å². The second-order valence-electron chi connectivity index (χ2n) is 4.55. The molecule has 0 aliphatic carbocycles. The molecule has 2 rings (SSSR count). The zero-order valence-electron chi connectivity index (χ0n) is 12.0. The Hall–Kier alpha value is -2.06. The molecule has 0 aliphatic heterocycles. The van der Waals surface area contributed by atoms with Gasteiger partial charge in [-0.2, -0.15) is 5.10 Å². The van der Waals surface area contributed by atoms with Crippen LogP contribution in [0.25, 0.3) is 0 Å². The van der Waals surface area contributed by atoms with Gasteiger partial charge in [0.15, 0.2) is 0 Å². The van der Waals surface area contributed by atoms with Crippen molar-refractivity contribution in [2.75, 3.05) is 4.72 Å². The van der Waals surface area contributed by atoms with E-state index in [-0.39, 0.29) is 16.3 Å². The van der Waals surface area contributed by atoms with Crippen LogP contribution < -0.4 is 10.5 Å². The van der Waals surface area contributed by atoms with Gasteiger partial charge in [0.05, 0.1) is 10.6 Å². The third kappa shape index (κ3) is 3.07. The first kappa shape index (κ1) is 16.3. The van der Waals surface area contributed by atoms with E-state index in [9.17, 15) is 13.2 Å². The van der Waals surface area contributed by atoms with Gasteiger partial charge in [-0.05, 0) is 38.1 Å². The first-order valence-corrected chi connectivity index (χ1v) is 8.28. The van der Waals surface area contributed by atoms with Gasteiger partial charge in [-0.15, -0.1) is 0 Å². The lowest BCUT2D eigenvalue weighted by Gasteiger charge is -2.09. The highest BCUT2D eigenvalue weighted by Gasteiger charge is 2.24. The summed E-state index contributed by atoms with van der Waals surface area (Å²) < 4.78 is 28.5. The summed E-state index contributed by atoms with van der Waals surface area (Å²) >= 11 is 5.75. The number of nitrogens with two attached hydrogens (primary N) is 1. The summed E-state index contributed by atoms with van der Waals surface area (Å²) in [4.78, 5) is 11.6. The normalized spacial score (nSPS) is 11.4. The van der Waals surface area contributed by atoms with E-state index in [1.165, 1.54) is 28.9 Å². The summed E-state index contributed by atoms with van der Waals surface area (Å²) in [5.41, 5.74) is 5.81. The molecule has 0 aliphatic rings. The Bertz CT molecular complexity index is 813. The lowest BCUT2D eigenvalue weighted by Crippen LogP contribution is -2.21. The van der Waals surface area contributed by atoms with Gasteiger partial charge < -0.3 is 5.73 Å². The van der Waals surface area contributed by atoms with E-state index >= 15 is 0 Å². The average Bonchev–Trinajstić information content (AvgIpc) is 2.75. The number of carbonyl (C=O) groups excluding carboxylic acids is 1. The standard InChI is InChI=1S/C13H15ClN4O3S/c1-3-18-12(13(15)19)11(8(2)16-18)17-22(20,21)10-6-4-9(14)5-7-10/h4-7,17H,3H2,1-2H3,(H2,15,19). The van der Waals surface area contributed by atoms with E-state index in [1.807, 2.05) is 0 Å². The van der Waals surface area contributed by atoms with E-state index in [2.05, 4.69) is 9.82 Å². The van der Waals surface area contributed by atoms with Crippen molar-refractivity contribution >= 4 is 33.2 Å². The topological polar surface area (TPSA) is 107 Å². The minimum Gasteiger partial charge on any atom is -0.364 e. The number of halogens is 1. The highest BCUT2D eigenvalue weighted by molar-refractivity contribution is 7.92. The Morgan fingerprint density at radius 1 is 1.36 bits per heavy atom. The summed E-state index contributed by atoms with van der Waals surface area (Å²) in [6, 6.07) is 5.67. The van der Waals surface area contributed by atoms with Crippen LogP contribution in [-0.4, -0.2) is 24.1 Å². The maximum Gasteiger partial charge on any atom is 0.269 e. The van der Waals surface area contributed by atoms with Gasteiger partial charge >= 0.3 is 0 Å². The third-order valence-electron chi connectivity index (χ3n) is 3.02. The number of nitrogens with zero attached hydrogens (tertiary/aromatic N) is 2. The first-order chi connectivity index (χ1) is 10.3. The molecule has 0 saturated carbocycles. The number of aromatic nitrogens is 2. The largest absolute Gasteiger partial charge is 0.364 e. The van der Waals surface area contributed by atoms with E-state index in [1.54, 1.807) is 13.8 Å². The number of anilines is 1. The molecule has 0 spiro atoms.